The van der Waals surface area contributed by atoms with Gasteiger partial charge in [-0.2, -0.15) is 0 Å². The molecule has 1 heterocycles. The third-order valence-electron chi connectivity index (χ3n) is 3.95. The fraction of sp³-hybridized carbons (Fsp3) is 0.714. The van der Waals surface area contributed by atoms with Gasteiger partial charge in [0.1, 0.15) is 5.69 Å². The first-order valence-corrected chi connectivity index (χ1v) is 7.78. The molecule has 1 aliphatic carbocycles. The van der Waals surface area contributed by atoms with Gasteiger partial charge in [-0.1, -0.05) is 33.6 Å². The van der Waals surface area contributed by atoms with Crippen molar-refractivity contribution in [2.24, 2.45) is 11.3 Å². The molecule has 19 heavy (non-hydrogen) atoms. The summed E-state index contributed by atoms with van der Waals surface area (Å²) in [6, 6.07) is 0.254. The molecule has 0 spiro atoms. The lowest BCUT2D eigenvalue weighted by atomic mass is 9.69. The first-order chi connectivity index (χ1) is 8.88. The highest BCUT2D eigenvalue weighted by Gasteiger charge is 2.35. The molecule has 1 fully saturated rings. The van der Waals surface area contributed by atoms with E-state index in [1.54, 1.807) is 5.38 Å². The number of amides is 1. The van der Waals surface area contributed by atoms with Crippen molar-refractivity contribution >= 4 is 22.4 Å². The van der Waals surface area contributed by atoms with Crippen LogP contribution in [0.3, 0.4) is 0 Å². The molecule has 0 aliphatic heterocycles. The number of hydrogen-bond acceptors (Lipinski definition) is 4. The minimum atomic E-state index is -0.0888. The van der Waals surface area contributed by atoms with E-state index in [-0.39, 0.29) is 17.4 Å². The normalized spacial score (nSPS) is 24.2. The molecule has 2 atom stereocenters. The molecule has 2 rings (SSSR count). The zero-order valence-corrected chi connectivity index (χ0v) is 12.7. The molecule has 5 heteroatoms. The van der Waals surface area contributed by atoms with Crippen LogP contribution < -0.4 is 11.1 Å². The Labute approximate surface area is 118 Å². The van der Waals surface area contributed by atoms with Crippen molar-refractivity contribution in [1.82, 2.24) is 10.3 Å². The summed E-state index contributed by atoms with van der Waals surface area (Å²) in [7, 11) is 0. The molecule has 4 nitrogen and oxygen atoms in total. The highest BCUT2D eigenvalue weighted by atomic mass is 32.1. The Kier molecular flexibility index (Phi) is 4.13. The molecule has 3 N–H and O–H groups in total. The molecular weight excluding hydrogens is 258 g/mol. The summed E-state index contributed by atoms with van der Waals surface area (Å²) < 4.78 is 0. The molecule has 106 valence electrons. The van der Waals surface area contributed by atoms with Crippen molar-refractivity contribution in [3.8, 4) is 0 Å². The summed E-state index contributed by atoms with van der Waals surface area (Å²) >= 11 is 1.31. The Morgan fingerprint density at radius 3 is 2.68 bits per heavy atom. The number of nitrogen functional groups attached to an aromatic ring is 1. The highest BCUT2D eigenvalue weighted by Crippen LogP contribution is 2.38. The molecule has 1 aromatic rings. The molecule has 2 unspecified atom stereocenters. The molecule has 0 aromatic carbocycles. The third-order valence-corrected chi connectivity index (χ3v) is 4.62. The van der Waals surface area contributed by atoms with E-state index in [9.17, 15) is 4.79 Å². The Morgan fingerprint density at radius 2 is 2.11 bits per heavy atom. The monoisotopic (exact) mass is 281 g/mol. The van der Waals surface area contributed by atoms with Crippen molar-refractivity contribution in [2.45, 2.75) is 52.5 Å². The molecule has 1 saturated carbocycles. The lowest BCUT2D eigenvalue weighted by Crippen LogP contribution is -2.46. The predicted octanol–water partition coefficient (Wildman–Crippen LogP) is 3.06. The summed E-state index contributed by atoms with van der Waals surface area (Å²) in [5.41, 5.74) is 6.24. The number of nitrogens with zero attached hydrogens (tertiary/aromatic N) is 1. The molecule has 0 radical (unpaired) electrons. The van der Waals surface area contributed by atoms with Crippen LogP contribution in [0.1, 0.15) is 56.9 Å². The quantitative estimate of drug-likeness (QED) is 0.875. The number of nitrogens with two attached hydrogens (primary N) is 1. The van der Waals surface area contributed by atoms with E-state index in [2.05, 4.69) is 31.1 Å². The van der Waals surface area contributed by atoms with Crippen LogP contribution in [0.2, 0.25) is 0 Å². The number of rotatable bonds is 2. The maximum Gasteiger partial charge on any atom is 0.271 e. The van der Waals surface area contributed by atoms with Crippen LogP contribution in [0.15, 0.2) is 5.38 Å². The Balaban J connectivity index is 2.05. The van der Waals surface area contributed by atoms with Crippen molar-refractivity contribution in [2.75, 3.05) is 5.73 Å². The summed E-state index contributed by atoms with van der Waals surface area (Å²) in [4.78, 5) is 16.2. The fourth-order valence-corrected chi connectivity index (χ4v) is 3.52. The van der Waals surface area contributed by atoms with E-state index in [4.69, 9.17) is 5.73 Å². The summed E-state index contributed by atoms with van der Waals surface area (Å²) in [6.07, 6.45) is 4.70. The van der Waals surface area contributed by atoms with Crippen molar-refractivity contribution < 1.29 is 4.79 Å². The van der Waals surface area contributed by atoms with Gasteiger partial charge in [0, 0.05) is 11.4 Å². The standard InChI is InChI=1S/C14H23N3OS/c1-14(2,3)9-6-4-5-7-10(9)16-12(18)11-8-19-13(15)17-11/h8-10H,4-7H2,1-3H3,(H2,15,17)(H,16,18). The number of thiazole rings is 1. The maximum absolute atomic E-state index is 12.2. The number of anilines is 1. The van der Waals surface area contributed by atoms with Crippen LogP contribution in [0.5, 0.6) is 0 Å². The molecule has 1 aromatic heterocycles. The van der Waals surface area contributed by atoms with Crippen molar-refractivity contribution in [3.63, 3.8) is 0 Å². The SMILES string of the molecule is CC(C)(C)C1CCCCC1NC(=O)c1csc(N)n1. The van der Waals surface area contributed by atoms with Crippen molar-refractivity contribution in [1.29, 1.82) is 0 Å². The highest BCUT2D eigenvalue weighted by molar-refractivity contribution is 7.13. The second-order valence-corrected chi connectivity index (χ2v) is 7.30. The largest absolute Gasteiger partial charge is 0.375 e. The van der Waals surface area contributed by atoms with Gasteiger partial charge in [-0.15, -0.1) is 11.3 Å². The van der Waals surface area contributed by atoms with E-state index in [1.165, 1.54) is 30.6 Å². The second kappa shape index (κ2) is 5.49. The molecule has 1 amide bonds. The smallest absolute Gasteiger partial charge is 0.271 e. The second-order valence-electron chi connectivity index (χ2n) is 6.41. The number of carbonyl (C=O) groups excluding carboxylic acids is 1. The van der Waals surface area contributed by atoms with Gasteiger partial charge in [0.15, 0.2) is 5.13 Å². The van der Waals surface area contributed by atoms with E-state index < -0.39 is 0 Å². The summed E-state index contributed by atoms with van der Waals surface area (Å²) in [5.74, 6) is 0.440. The third kappa shape index (κ3) is 3.47. The number of hydrogen-bond donors (Lipinski definition) is 2. The topological polar surface area (TPSA) is 68.0 Å². The van der Waals surface area contributed by atoms with Crippen LogP contribution in [0.25, 0.3) is 0 Å². The Morgan fingerprint density at radius 1 is 1.42 bits per heavy atom. The number of aromatic nitrogens is 1. The van der Waals surface area contributed by atoms with Crippen LogP contribution in [-0.2, 0) is 0 Å². The van der Waals surface area contributed by atoms with E-state index in [0.717, 1.165) is 6.42 Å². The van der Waals surface area contributed by atoms with Gasteiger partial charge in [0.25, 0.3) is 5.91 Å². The van der Waals surface area contributed by atoms with Crippen molar-refractivity contribution in [3.05, 3.63) is 11.1 Å². The molecule has 0 bridgehead atoms. The summed E-state index contributed by atoms with van der Waals surface area (Å²) in [6.45, 7) is 6.76. The van der Waals surface area contributed by atoms with Gasteiger partial charge in [-0.25, -0.2) is 4.98 Å². The average Bonchev–Trinajstić information content (AvgIpc) is 2.75. The van der Waals surface area contributed by atoms with Crippen LogP contribution in [-0.4, -0.2) is 16.9 Å². The van der Waals surface area contributed by atoms with Gasteiger partial charge in [-0.3, -0.25) is 4.79 Å². The van der Waals surface area contributed by atoms with Crippen LogP contribution >= 0.6 is 11.3 Å². The van der Waals surface area contributed by atoms with Crippen LogP contribution in [0, 0.1) is 11.3 Å². The fourth-order valence-electron chi connectivity index (χ4n) is 2.97. The maximum atomic E-state index is 12.2. The average molecular weight is 281 g/mol. The minimum absolute atomic E-state index is 0.0888. The Bertz CT molecular complexity index is 450. The zero-order chi connectivity index (χ0) is 14.0. The molecule has 1 aliphatic rings. The van der Waals surface area contributed by atoms with Gasteiger partial charge in [0.2, 0.25) is 0 Å². The zero-order valence-electron chi connectivity index (χ0n) is 11.9. The lowest BCUT2D eigenvalue weighted by molar-refractivity contribution is 0.0826. The van der Waals surface area contributed by atoms with E-state index in [0.29, 0.717) is 16.7 Å². The number of nitrogens with one attached hydrogen (secondary N) is 1. The first-order valence-electron chi connectivity index (χ1n) is 6.90. The minimum Gasteiger partial charge on any atom is -0.375 e. The van der Waals surface area contributed by atoms with Gasteiger partial charge >= 0.3 is 0 Å². The van der Waals surface area contributed by atoms with E-state index in [1.807, 2.05) is 0 Å². The van der Waals surface area contributed by atoms with Gasteiger partial charge in [-0.05, 0) is 24.2 Å². The number of carbonyl (C=O) groups is 1. The van der Waals surface area contributed by atoms with E-state index >= 15 is 0 Å². The lowest BCUT2D eigenvalue weighted by Gasteiger charge is -2.40. The molecule has 0 saturated heterocycles. The first kappa shape index (κ1) is 14.3. The van der Waals surface area contributed by atoms with Crippen LogP contribution in [0.4, 0.5) is 5.13 Å². The predicted molar refractivity (Wildman–Crippen MR) is 79.2 cm³/mol. The summed E-state index contributed by atoms with van der Waals surface area (Å²) in [5, 5.41) is 5.32. The Hall–Kier alpha value is -1.10. The molecular formula is C14H23N3OS. The van der Waals surface area contributed by atoms with Gasteiger partial charge < -0.3 is 11.1 Å². The van der Waals surface area contributed by atoms with Gasteiger partial charge in [0.05, 0.1) is 0 Å².